The van der Waals surface area contributed by atoms with E-state index in [4.69, 9.17) is 10.2 Å². The fourth-order valence-corrected chi connectivity index (χ4v) is 3.43. The number of carbonyl (C=O) groups excluding carboxylic acids is 1. The van der Waals surface area contributed by atoms with E-state index in [0.717, 1.165) is 37.7 Å². The molecule has 0 spiro atoms. The first-order valence-corrected chi connectivity index (χ1v) is 8.18. The van der Waals surface area contributed by atoms with Crippen molar-refractivity contribution in [2.75, 3.05) is 26.2 Å². The number of aryl methyl sites for hydroxylation is 1. The lowest BCUT2D eigenvalue weighted by Gasteiger charge is -2.34. The van der Waals surface area contributed by atoms with Gasteiger partial charge in [-0.25, -0.2) is 4.98 Å². The number of rotatable bonds is 4. The van der Waals surface area contributed by atoms with Gasteiger partial charge in [0.2, 0.25) is 0 Å². The molecule has 0 bridgehead atoms. The highest BCUT2D eigenvalue weighted by Gasteiger charge is 2.23. The van der Waals surface area contributed by atoms with Crippen LogP contribution < -0.4 is 5.73 Å². The molecule has 1 fully saturated rings. The standard InChI is InChI=1S/C15H20N4O2S/c1-11-17-8-14(22-11)9-18-2-4-19(5-3-18)15(20)12-6-13(7-16)21-10-12/h6,8,10H,2-5,7,9,16H2,1H3. The van der Waals surface area contributed by atoms with E-state index in [0.29, 0.717) is 17.9 Å². The molecule has 0 unspecified atom stereocenters. The van der Waals surface area contributed by atoms with Crippen LogP contribution in [0, 0.1) is 6.92 Å². The molecule has 3 heterocycles. The van der Waals surface area contributed by atoms with Crippen LogP contribution in [0.3, 0.4) is 0 Å². The van der Waals surface area contributed by atoms with E-state index in [-0.39, 0.29) is 5.91 Å². The number of hydrogen-bond acceptors (Lipinski definition) is 6. The molecule has 0 atom stereocenters. The van der Waals surface area contributed by atoms with E-state index in [1.807, 2.05) is 18.0 Å². The fraction of sp³-hybridized carbons (Fsp3) is 0.467. The molecule has 1 aliphatic heterocycles. The fourth-order valence-electron chi connectivity index (χ4n) is 2.59. The summed E-state index contributed by atoms with van der Waals surface area (Å²) in [6.45, 7) is 6.48. The molecule has 118 valence electrons. The van der Waals surface area contributed by atoms with Gasteiger partial charge in [-0.3, -0.25) is 9.69 Å². The molecule has 2 aromatic rings. The van der Waals surface area contributed by atoms with Crippen molar-refractivity contribution in [3.05, 3.63) is 39.7 Å². The lowest BCUT2D eigenvalue weighted by atomic mass is 10.2. The maximum Gasteiger partial charge on any atom is 0.257 e. The van der Waals surface area contributed by atoms with Gasteiger partial charge in [0, 0.05) is 43.8 Å². The van der Waals surface area contributed by atoms with Gasteiger partial charge in [-0.2, -0.15) is 0 Å². The molecule has 0 saturated carbocycles. The predicted octanol–water partition coefficient (Wildman–Crippen LogP) is 1.46. The van der Waals surface area contributed by atoms with Crippen molar-refractivity contribution >= 4 is 17.2 Å². The summed E-state index contributed by atoms with van der Waals surface area (Å²) >= 11 is 1.73. The first-order valence-electron chi connectivity index (χ1n) is 7.36. The zero-order valence-corrected chi connectivity index (χ0v) is 13.4. The number of piperazine rings is 1. The normalized spacial score (nSPS) is 16.2. The van der Waals surface area contributed by atoms with E-state index >= 15 is 0 Å². The average Bonchev–Trinajstić information content (AvgIpc) is 3.16. The highest BCUT2D eigenvalue weighted by atomic mass is 32.1. The Morgan fingerprint density at radius 3 is 2.77 bits per heavy atom. The molecule has 1 aliphatic rings. The zero-order valence-electron chi connectivity index (χ0n) is 12.6. The SMILES string of the molecule is Cc1ncc(CN2CCN(C(=O)c3coc(CN)c3)CC2)s1. The Labute approximate surface area is 133 Å². The third kappa shape index (κ3) is 3.37. The number of aromatic nitrogens is 1. The Morgan fingerprint density at radius 1 is 1.41 bits per heavy atom. The summed E-state index contributed by atoms with van der Waals surface area (Å²) in [4.78, 5) is 22.2. The van der Waals surface area contributed by atoms with Gasteiger partial charge in [-0.05, 0) is 13.0 Å². The lowest BCUT2D eigenvalue weighted by Crippen LogP contribution is -2.48. The van der Waals surface area contributed by atoms with Crippen LogP contribution in [0.2, 0.25) is 0 Å². The largest absolute Gasteiger partial charge is 0.467 e. The third-order valence-corrected chi connectivity index (χ3v) is 4.71. The molecule has 7 heteroatoms. The summed E-state index contributed by atoms with van der Waals surface area (Å²) < 4.78 is 5.24. The molecule has 2 N–H and O–H groups in total. The van der Waals surface area contributed by atoms with Crippen LogP contribution in [0.5, 0.6) is 0 Å². The molecular weight excluding hydrogens is 300 g/mol. The lowest BCUT2D eigenvalue weighted by molar-refractivity contribution is 0.0629. The van der Waals surface area contributed by atoms with E-state index < -0.39 is 0 Å². The predicted molar refractivity (Wildman–Crippen MR) is 84.6 cm³/mol. The first-order chi connectivity index (χ1) is 10.7. The van der Waals surface area contributed by atoms with Gasteiger partial charge in [0.05, 0.1) is 17.1 Å². The minimum absolute atomic E-state index is 0.0248. The second-order valence-corrected chi connectivity index (χ2v) is 6.74. The van der Waals surface area contributed by atoms with Gasteiger partial charge in [0.1, 0.15) is 12.0 Å². The Hall–Kier alpha value is -1.70. The number of carbonyl (C=O) groups is 1. The van der Waals surface area contributed by atoms with Gasteiger partial charge >= 0.3 is 0 Å². The molecule has 0 radical (unpaired) electrons. The summed E-state index contributed by atoms with van der Waals surface area (Å²) in [6, 6.07) is 1.73. The maximum absolute atomic E-state index is 12.4. The van der Waals surface area contributed by atoms with Crippen molar-refractivity contribution in [2.45, 2.75) is 20.0 Å². The number of hydrogen-bond donors (Lipinski definition) is 1. The van der Waals surface area contributed by atoms with Crippen LogP contribution in [-0.4, -0.2) is 46.9 Å². The number of amides is 1. The topological polar surface area (TPSA) is 75.6 Å². The molecule has 22 heavy (non-hydrogen) atoms. The maximum atomic E-state index is 12.4. The van der Waals surface area contributed by atoms with E-state index in [2.05, 4.69) is 9.88 Å². The summed E-state index contributed by atoms with van der Waals surface area (Å²) in [5, 5.41) is 1.10. The van der Waals surface area contributed by atoms with Crippen molar-refractivity contribution in [1.29, 1.82) is 0 Å². The molecule has 0 aliphatic carbocycles. The van der Waals surface area contributed by atoms with Crippen LogP contribution in [0.25, 0.3) is 0 Å². The Bertz CT molecular complexity index is 644. The number of nitrogens with two attached hydrogens (primary N) is 1. The van der Waals surface area contributed by atoms with Crippen LogP contribution in [-0.2, 0) is 13.1 Å². The van der Waals surface area contributed by atoms with Crippen molar-refractivity contribution in [3.8, 4) is 0 Å². The van der Waals surface area contributed by atoms with Gasteiger partial charge in [-0.1, -0.05) is 0 Å². The van der Waals surface area contributed by atoms with Gasteiger partial charge in [0.15, 0.2) is 0 Å². The molecule has 6 nitrogen and oxygen atoms in total. The van der Waals surface area contributed by atoms with Crippen LogP contribution >= 0.6 is 11.3 Å². The van der Waals surface area contributed by atoms with Crippen molar-refractivity contribution in [1.82, 2.24) is 14.8 Å². The summed E-state index contributed by atoms with van der Waals surface area (Å²) in [6.07, 6.45) is 3.44. The zero-order chi connectivity index (χ0) is 15.5. The Balaban J connectivity index is 1.53. The summed E-state index contributed by atoms with van der Waals surface area (Å²) in [5.41, 5.74) is 6.10. The van der Waals surface area contributed by atoms with Crippen molar-refractivity contribution in [2.24, 2.45) is 5.73 Å². The minimum Gasteiger partial charge on any atom is -0.467 e. The van der Waals surface area contributed by atoms with Crippen molar-refractivity contribution < 1.29 is 9.21 Å². The Morgan fingerprint density at radius 2 is 2.18 bits per heavy atom. The number of furan rings is 1. The Kier molecular flexibility index (Phi) is 4.56. The quantitative estimate of drug-likeness (QED) is 0.923. The molecular formula is C15H20N4O2S. The van der Waals surface area contributed by atoms with E-state index in [1.165, 1.54) is 11.1 Å². The van der Waals surface area contributed by atoms with Crippen molar-refractivity contribution in [3.63, 3.8) is 0 Å². The van der Waals surface area contributed by atoms with Gasteiger partial charge < -0.3 is 15.1 Å². The highest BCUT2D eigenvalue weighted by Crippen LogP contribution is 2.17. The number of nitrogens with zero attached hydrogens (tertiary/aromatic N) is 3. The third-order valence-electron chi connectivity index (χ3n) is 3.81. The molecule has 1 saturated heterocycles. The number of thiazole rings is 1. The summed E-state index contributed by atoms with van der Waals surface area (Å²) in [7, 11) is 0. The van der Waals surface area contributed by atoms with E-state index in [9.17, 15) is 4.79 Å². The average molecular weight is 320 g/mol. The monoisotopic (exact) mass is 320 g/mol. The second-order valence-electron chi connectivity index (χ2n) is 5.42. The molecule has 2 aromatic heterocycles. The minimum atomic E-state index is 0.0248. The second kappa shape index (κ2) is 6.60. The van der Waals surface area contributed by atoms with Gasteiger partial charge in [-0.15, -0.1) is 11.3 Å². The smallest absolute Gasteiger partial charge is 0.257 e. The highest BCUT2D eigenvalue weighted by molar-refractivity contribution is 7.11. The molecule has 3 rings (SSSR count). The van der Waals surface area contributed by atoms with Crippen LogP contribution in [0.1, 0.15) is 26.0 Å². The first kappa shape index (κ1) is 15.2. The van der Waals surface area contributed by atoms with E-state index in [1.54, 1.807) is 17.4 Å². The molecule has 1 amide bonds. The summed E-state index contributed by atoms with van der Waals surface area (Å²) in [5.74, 6) is 0.666. The van der Waals surface area contributed by atoms with Gasteiger partial charge in [0.25, 0.3) is 5.91 Å². The molecule has 0 aromatic carbocycles. The van der Waals surface area contributed by atoms with Crippen LogP contribution in [0.15, 0.2) is 22.9 Å². The van der Waals surface area contributed by atoms with Crippen LogP contribution in [0.4, 0.5) is 0 Å².